The second kappa shape index (κ2) is 3.83. The van der Waals surface area contributed by atoms with Crippen molar-refractivity contribution in [1.82, 2.24) is 9.84 Å². The molecule has 6 nitrogen and oxygen atoms in total. The molecule has 1 saturated heterocycles. The highest BCUT2D eigenvalue weighted by Crippen LogP contribution is 2.14. The van der Waals surface area contributed by atoms with Crippen molar-refractivity contribution in [2.24, 2.45) is 0 Å². The van der Waals surface area contributed by atoms with E-state index in [0.717, 1.165) is 0 Å². The second-order valence-electron chi connectivity index (χ2n) is 2.55. The number of hydrogen-bond acceptors (Lipinski definition) is 4. The van der Waals surface area contributed by atoms with Crippen LogP contribution in [-0.4, -0.2) is 37.1 Å². The van der Waals surface area contributed by atoms with Gasteiger partial charge in [0, 0.05) is 6.54 Å². The largest absolute Gasteiger partial charge is 0.480 e. The van der Waals surface area contributed by atoms with Crippen molar-refractivity contribution in [1.29, 1.82) is 0 Å². The van der Waals surface area contributed by atoms with Crippen LogP contribution in [0.3, 0.4) is 0 Å². The summed E-state index contributed by atoms with van der Waals surface area (Å²) in [6.07, 6.45) is 1.19. The maximum absolute atomic E-state index is 10.5. The molecule has 0 amide bonds. The summed E-state index contributed by atoms with van der Waals surface area (Å²) in [6.45, 7) is 0.459. The van der Waals surface area contributed by atoms with Crippen LogP contribution in [-0.2, 0) is 15.7 Å². The van der Waals surface area contributed by atoms with E-state index in [1.165, 1.54) is 5.01 Å². The van der Waals surface area contributed by atoms with E-state index in [1.54, 1.807) is 0 Å². The summed E-state index contributed by atoms with van der Waals surface area (Å²) in [5.74, 6) is -0.989. The monoisotopic (exact) mass is 194 g/mol. The van der Waals surface area contributed by atoms with Crippen LogP contribution in [0.25, 0.3) is 0 Å². The first-order chi connectivity index (χ1) is 5.61. The average molecular weight is 194 g/mol. The lowest BCUT2D eigenvalue weighted by molar-refractivity contribution is -0.142. The first-order valence-corrected chi connectivity index (χ1v) is 4.69. The van der Waals surface area contributed by atoms with E-state index in [4.69, 9.17) is 5.11 Å². The van der Waals surface area contributed by atoms with Gasteiger partial charge in [-0.3, -0.25) is 4.79 Å². The molecule has 2 N–H and O–H groups in total. The predicted molar refractivity (Wildman–Crippen MR) is 40.8 cm³/mol. The molecule has 1 atom stereocenters. The molecule has 0 aliphatic carbocycles. The number of carbonyl (C=O) groups is 1. The standard InChI is InChI=1S/C5H10N2O4S/c8-5(9)4-2-1-3-7(4)6-12(10)11/h4,12H,1-3H2,(H,8,9)(H,6,10,11)/t4-/m0/s1. The number of hydrazine groups is 1. The lowest BCUT2D eigenvalue weighted by Crippen LogP contribution is -2.44. The highest BCUT2D eigenvalue weighted by molar-refractivity contribution is 7.70. The van der Waals surface area contributed by atoms with Crippen molar-refractivity contribution < 1.29 is 18.3 Å². The van der Waals surface area contributed by atoms with Crippen molar-refractivity contribution in [2.45, 2.75) is 18.9 Å². The molecule has 0 unspecified atom stereocenters. The molecule has 1 heterocycles. The molecule has 0 saturated carbocycles. The number of nitrogens with zero attached hydrogens (tertiary/aromatic N) is 1. The summed E-state index contributed by atoms with van der Waals surface area (Å²) in [4.78, 5) is 12.6. The van der Waals surface area contributed by atoms with Gasteiger partial charge < -0.3 is 5.11 Å². The van der Waals surface area contributed by atoms with Gasteiger partial charge in [0.1, 0.15) is 6.04 Å². The summed E-state index contributed by atoms with van der Waals surface area (Å²) in [6, 6.07) is -0.710. The minimum absolute atomic E-state index is 0.459. The highest BCUT2D eigenvalue weighted by Gasteiger charge is 2.30. The van der Waals surface area contributed by atoms with Gasteiger partial charge in [0.15, 0.2) is 0 Å². The smallest absolute Gasteiger partial charge is 0.322 e. The maximum Gasteiger partial charge on any atom is 0.322 e. The van der Waals surface area contributed by atoms with Gasteiger partial charge in [0.2, 0.25) is 10.9 Å². The van der Waals surface area contributed by atoms with Crippen molar-refractivity contribution in [3.63, 3.8) is 0 Å². The zero-order chi connectivity index (χ0) is 9.14. The number of carboxylic acids is 1. The fourth-order valence-electron chi connectivity index (χ4n) is 1.25. The molecule has 1 fully saturated rings. The summed E-state index contributed by atoms with van der Waals surface area (Å²) in [5, 5.41) is 9.85. The third kappa shape index (κ3) is 2.16. The van der Waals surface area contributed by atoms with E-state index < -0.39 is 22.9 Å². The molecule has 1 rings (SSSR count). The molecule has 7 heteroatoms. The average Bonchev–Trinajstić information content (AvgIpc) is 2.33. The summed E-state index contributed by atoms with van der Waals surface area (Å²) < 4.78 is 20.4. The number of rotatable bonds is 3. The Bertz CT molecular complexity index is 244. The second-order valence-corrected chi connectivity index (χ2v) is 3.26. The van der Waals surface area contributed by atoms with Gasteiger partial charge in [-0.05, 0) is 12.8 Å². The summed E-state index contributed by atoms with van der Waals surface area (Å²) in [7, 11) is -2.75. The van der Waals surface area contributed by atoms with Gasteiger partial charge >= 0.3 is 5.97 Å². The van der Waals surface area contributed by atoms with Crippen LogP contribution < -0.4 is 4.83 Å². The fourth-order valence-corrected chi connectivity index (χ4v) is 1.70. The Morgan fingerprint density at radius 1 is 1.58 bits per heavy atom. The van der Waals surface area contributed by atoms with Crippen molar-refractivity contribution in [3.8, 4) is 0 Å². The molecule has 1 aliphatic heterocycles. The van der Waals surface area contributed by atoms with Gasteiger partial charge in [-0.1, -0.05) is 0 Å². The molecule has 0 spiro atoms. The zero-order valence-electron chi connectivity index (χ0n) is 6.27. The van der Waals surface area contributed by atoms with Gasteiger partial charge in [-0.2, -0.15) is 4.83 Å². The van der Waals surface area contributed by atoms with Crippen LogP contribution in [0.5, 0.6) is 0 Å². The van der Waals surface area contributed by atoms with Gasteiger partial charge in [0.05, 0.1) is 0 Å². The van der Waals surface area contributed by atoms with Crippen LogP contribution in [0.1, 0.15) is 12.8 Å². The van der Waals surface area contributed by atoms with Crippen molar-refractivity contribution >= 4 is 16.9 Å². The highest BCUT2D eigenvalue weighted by atomic mass is 32.2. The summed E-state index contributed by atoms with van der Waals surface area (Å²) >= 11 is 0. The Hall–Kier alpha value is -0.660. The predicted octanol–water partition coefficient (Wildman–Crippen LogP) is -1.43. The maximum atomic E-state index is 10.5. The van der Waals surface area contributed by atoms with Gasteiger partial charge in [-0.25, -0.2) is 13.4 Å². The molecule has 70 valence electrons. The SMILES string of the molecule is O=C(O)[C@@H]1CCCN1N[SH](=O)=O. The van der Waals surface area contributed by atoms with E-state index in [2.05, 4.69) is 4.83 Å². The normalized spacial score (nSPS) is 24.9. The molecular weight excluding hydrogens is 184 g/mol. The summed E-state index contributed by atoms with van der Waals surface area (Å²) in [5.41, 5.74) is 0. The van der Waals surface area contributed by atoms with E-state index in [0.29, 0.717) is 19.4 Å². The van der Waals surface area contributed by atoms with E-state index >= 15 is 0 Å². The molecule has 0 aromatic heterocycles. The number of carboxylic acid groups (broad SMARTS) is 1. The topological polar surface area (TPSA) is 86.7 Å². The first kappa shape index (κ1) is 9.43. The Labute approximate surface area is 71.2 Å². The lowest BCUT2D eigenvalue weighted by Gasteiger charge is -2.17. The lowest BCUT2D eigenvalue weighted by atomic mass is 10.2. The van der Waals surface area contributed by atoms with E-state index in [-0.39, 0.29) is 0 Å². The third-order valence-corrected chi connectivity index (χ3v) is 2.17. The number of aliphatic carboxylic acids is 1. The molecule has 0 aromatic rings. The minimum atomic E-state index is -2.75. The molecule has 0 aromatic carbocycles. The Balaban J connectivity index is 2.57. The molecule has 1 aliphatic rings. The van der Waals surface area contributed by atoms with Crippen LogP contribution in [0.2, 0.25) is 0 Å². The van der Waals surface area contributed by atoms with Crippen LogP contribution in [0.4, 0.5) is 0 Å². The number of nitrogens with one attached hydrogen (secondary N) is 1. The Morgan fingerprint density at radius 2 is 2.25 bits per heavy atom. The molecule has 0 bridgehead atoms. The van der Waals surface area contributed by atoms with Crippen LogP contribution in [0.15, 0.2) is 0 Å². The molecule has 0 radical (unpaired) electrons. The fraction of sp³-hybridized carbons (Fsp3) is 0.800. The zero-order valence-corrected chi connectivity index (χ0v) is 7.16. The Kier molecular flexibility index (Phi) is 3.01. The third-order valence-electron chi connectivity index (χ3n) is 1.75. The number of hydrogen-bond donors (Lipinski definition) is 3. The van der Waals surface area contributed by atoms with Gasteiger partial charge in [-0.15, -0.1) is 0 Å². The molecular formula is C5H10N2O4S. The molecule has 12 heavy (non-hydrogen) atoms. The quantitative estimate of drug-likeness (QED) is 0.479. The van der Waals surface area contributed by atoms with E-state index in [9.17, 15) is 13.2 Å². The van der Waals surface area contributed by atoms with E-state index in [1.807, 2.05) is 0 Å². The number of thiol groups is 1. The minimum Gasteiger partial charge on any atom is -0.480 e. The van der Waals surface area contributed by atoms with Crippen LogP contribution >= 0.6 is 0 Å². The van der Waals surface area contributed by atoms with Crippen molar-refractivity contribution in [3.05, 3.63) is 0 Å². The Morgan fingerprint density at radius 3 is 2.75 bits per heavy atom. The first-order valence-electron chi connectivity index (χ1n) is 3.51. The van der Waals surface area contributed by atoms with Gasteiger partial charge in [0.25, 0.3) is 0 Å². The van der Waals surface area contributed by atoms with Crippen molar-refractivity contribution in [2.75, 3.05) is 6.54 Å². The van der Waals surface area contributed by atoms with Crippen LogP contribution in [0, 0.1) is 0 Å².